The van der Waals surface area contributed by atoms with Gasteiger partial charge < -0.3 is 4.57 Å². The van der Waals surface area contributed by atoms with Crippen LogP contribution in [0.3, 0.4) is 0 Å². The van der Waals surface area contributed by atoms with Gasteiger partial charge in [0.05, 0.1) is 11.4 Å². The van der Waals surface area contributed by atoms with Crippen LogP contribution in [0.1, 0.15) is 11.4 Å². The normalized spacial score (nSPS) is 11.4. The summed E-state index contributed by atoms with van der Waals surface area (Å²) in [6.45, 7) is 3.98. The van der Waals surface area contributed by atoms with Crippen LogP contribution in [0.5, 0.6) is 0 Å². The van der Waals surface area contributed by atoms with Gasteiger partial charge in [-0.1, -0.05) is 5.10 Å². The van der Waals surface area contributed by atoms with E-state index in [4.69, 9.17) is 0 Å². The Bertz CT molecular complexity index is 960. The van der Waals surface area contributed by atoms with E-state index < -0.39 is 0 Å². The van der Waals surface area contributed by atoms with Gasteiger partial charge in [0.1, 0.15) is 5.65 Å². The van der Waals surface area contributed by atoms with E-state index in [9.17, 15) is 0 Å². The van der Waals surface area contributed by atoms with Crippen molar-refractivity contribution in [3.05, 3.63) is 35.9 Å². The molecule has 0 saturated heterocycles. The summed E-state index contributed by atoms with van der Waals surface area (Å²) < 4.78 is 3.70. The lowest BCUT2D eigenvalue weighted by Gasteiger charge is -2.05. The van der Waals surface area contributed by atoms with Crippen LogP contribution >= 0.6 is 0 Å². The van der Waals surface area contributed by atoms with Gasteiger partial charge in [-0.3, -0.25) is 0 Å². The molecule has 0 aliphatic heterocycles. The van der Waals surface area contributed by atoms with Gasteiger partial charge >= 0.3 is 0 Å². The van der Waals surface area contributed by atoms with E-state index in [1.165, 1.54) is 0 Å². The molecule has 0 radical (unpaired) electrons. The van der Waals surface area contributed by atoms with Crippen LogP contribution in [-0.4, -0.2) is 40.0 Å². The Labute approximate surface area is 125 Å². The van der Waals surface area contributed by atoms with Gasteiger partial charge in [-0.25, -0.2) is 4.98 Å². The van der Waals surface area contributed by atoms with Gasteiger partial charge in [0.2, 0.25) is 0 Å². The second-order valence-electron chi connectivity index (χ2n) is 5.19. The zero-order valence-corrected chi connectivity index (χ0v) is 12.4. The Hall–Kier alpha value is -3.03. The number of aryl methyl sites for hydroxylation is 2. The molecule has 0 atom stereocenters. The summed E-state index contributed by atoms with van der Waals surface area (Å²) in [5.74, 6) is 0.435. The van der Waals surface area contributed by atoms with Crippen LogP contribution in [0, 0.1) is 13.8 Å². The van der Waals surface area contributed by atoms with E-state index in [0.717, 1.165) is 33.5 Å². The summed E-state index contributed by atoms with van der Waals surface area (Å²) in [7, 11) is 1.99. The monoisotopic (exact) mass is 294 g/mol. The molecule has 8 heteroatoms. The van der Waals surface area contributed by atoms with Crippen molar-refractivity contribution in [2.45, 2.75) is 13.8 Å². The van der Waals surface area contributed by atoms with E-state index in [1.807, 2.05) is 43.9 Å². The van der Waals surface area contributed by atoms with E-state index >= 15 is 0 Å². The SMILES string of the molecule is Cc1nn(-c2nn[nH]n2)c(C)c1-c1ccnc2c1ccn2C. The van der Waals surface area contributed by atoms with Gasteiger partial charge in [0, 0.05) is 30.4 Å². The molecule has 0 bridgehead atoms. The van der Waals surface area contributed by atoms with Gasteiger partial charge in [-0.15, -0.1) is 5.10 Å². The fraction of sp³-hybridized carbons (Fsp3) is 0.214. The first-order valence-electron chi connectivity index (χ1n) is 6.87. The summed E-state index contributed by atoms with van der Waals surface area (Å²) in [5.41, 5.74) is 5.01. The quantitative estimate of drug-likeness (QED) is 0.606. The van der Waals surface area contributed by atoms with E-state index in [-0.39, 0.29) is 0 Å². The number of hydrogen-bond acceptors (Lipinski definition) is 5. The van der Waals surface area contributed by atoms with Crippen LogP contribution in [0.4, 0.5) is 0 Å². The smallest absolute Gasteiger partial charge is 0.290 e. The molecule has 4 aromatic rings. The molecule has 22 heavy (non-hydrogen) atoms. The average molecular weight is 294 g/mol. The number of hydrogen-bond donors (Lipinski definition) is 1. The van der Waals surface area contributed by atoms with Crippen molar-refractivity contribution in [1.82, 2.24) is 40.0 Å². The zero-order chi connectivity index (χ0) is 15.3. The first-order chi connectivity index (χ1) is 10.7. The van der Waals surface area contributed by atoms with E-state index in [0.29, 0.717) is 5.95 Å². The fourth-order valence-electron chi connectivity index (χ4n) is 2.86. The van der Waals surface area contributed by atoms with Crippen molar-refractivity contribution in [3.63, 3.8) is 0 Å². The summed E-state index contributed by atoms with van der Waals surface area (Å²) in [6.07, 6.45) is 3.83. The van der Waals surface area contributed by atoms with Crippen molar-refractivity contribution >= 4 is 11.0 Å². The highest BCUT2D eigenvalue weighted by molar-refractivity contribution is 5.94. The molecule has 1 N–H and O–H groups in total. The third kappa shape index (κ3) is 1.67. The lowest BCUT2D eigenvalue weighted by atomic mass is 10.0. The van der Waals surface area contributed by atoms with Crippen molar-refractivity contribution in [2.24, 2.45) is 7.05 Å². The lowest BCUT2D eigenvalue weighted by molar-refractivity contribution is 0.777. The fourth-order valence-corrected chi connectivity index (χ4v) is 2.86. The highest BCUT2D eigenvalue weighted by Gasteiger charge is 2.19. The molecule has 110 valence electrons. The van der Waals surface area contributed by atoms with Gasteiger partial charge in [-0.05, 0) is 36.8 Å². The van der Waals surface area contributed by atoms with Crippen molar-refractivity contribution in [1.29, 1.82) is 0 Å². The summed E-state index contributed by atoms with van der Waals surface area (Å²) in [6, 6.07) is 4.09. The zero-order valence-electron chi connectivity index (χ0n) is 12.4. The van der Waals surface area contributed by atoms with Gasteiger partial charge in [-0.2, -0.15) is 15.0 Å². The number of nitrogens with one attached hydrogen (secondary N) is 1. The van der Waals surface area contributed by atoms with Crippen molar-refractivity contribution < 1.29 is 0 Å². The number of fused-ring (bicyclic) bond motifs is 1. The Morgan fingerprint density at radius 2 is 2.05 bits per heavy atom. The minimum absolute atomic E-state index is 0.435. The summed E-state index contributed by atoms with van der Waals surface area (Å²) in [5, 5.41) is 19.7. The molecule has 4 aromatic heterocycles. The molecule has 0 spiro atoms. The number of H-pyrrole nitrogens is 1. The third-order valence-corrected chi connectivity index (χ3v) is 3.85. The van der Waals surface area contributed by atoms with E-state index in [1.54, 1.807) is 4.68 Å². The topological polar surface area (TPSA) is 90.1 Å². The molecule has 0 aromatic carbocycles. The first-order valence-corrected chi connectivity index (χ1v) is 6.87. The molecular weight excluding hydrogens is 280 g/mol. The van der Waals surface area contributed by atoms with Crippen LogP contribution in [0.2, 0.25) is 0 Å². The number of pyridine rings is 1. The molecular formula is C14H14N8. The first kappa shape index (κ1) is 12.7. The number of aromatic nitrogens is 8. The van der Waals surface area contributed by atoms with Crippen LogP contribution in [0.25, 0.3) is 28.1 Å². The lowest BCUT2D eigenvalue weighted by Crippen LogP contribution is -2.01. The second-order valence-corrected chi connectivity index (χ2v) is 5.19. The molecule has 8 nitrogen and oxygen atoms in total. The van der Waals surface area contributed by atoms with Crippen molar-refractivity contribution in [3.8, 4) is 17.1 Å². The maximum Gasteiger partial charge on any atom is 0.290 e. The van der Waals surface area contributed by atoms with Gasteiger partial charge in [0.25, 0.3) is 5.95 Å². The number of aromatic amines is 1. The van der Waals surface area contributed by atoms with E-state index in [2.05, 4.69) is 36.8 Å². The molecule has 0 aliphatic carbocycles. The minimum Gasteiger partial charge on any atom is -0.336 e. The molecule has 0 unspecified atom stereocenters. The average Bonchev–Trinajstić information content (AvgIpc) is 3.21. The van der Waals surface area contributed by atoms with Crippen molar-refractivity contribution in [2.75, 3.05) is 0 Å². The number of nitrogens with zero attached hydrogens (tertiary/aromatic N) is 7. The Morgan fingerprint density at radius 3 is 2.82 bits per heavy atom. The molecule has 4 rings (SSSR count). The summed E-state index contributed by atoms with van der Waals surface area (Å²) in [4.78, 5) is 4.44. The molecule has 4 heterocycles. The maximum absolute atomic E-state index is 4.55. The van der Waals surface area contributed by atoms with Crippen LogP contribution < -0.4 is 0 Å². The summed E-state index contributed by atoms with van der Waals surface area (Å²) >= 11 is 0. The number of tetrazole rings is 1. The minimum atomic E-state index is 0.435. The molecule has 0 amide bonds. The van der Waals surface area contributed by atoms with Gasteiger partial charge in [0.15, 0.2) is 0 Å². The molecule has 0 aliphatic rings. The largest absolute Gasteiger partial charge is 0.336 e. The predicted octanol–water partition coefficient (Wildman–Crippen LogP) is 1.56. The Morgan fingerprint density at radius 1 is 1.18 bits per heavy atom. The standard InChI is InChI=1S/C14H14N8/c1-8-12(9(2)22(18-8)14-16-19-20-17-14)10-4-6-15-13-11(10)5-7-21(13)3/h4-7H,1-3H3,(H,16,17,19,20). The highest BCUT2D eigenvalue weighted by Crippen LogP contribution is 2.33. The van der Waals surface area contributed by atoms with Crippen LogP contribution in [-0.2, 0) is 7.05 Å². The molecule has 0 saturated carbocycles. The number of rotatable bonds is 2. The predicted molar refractivity (Wildman–Crippen MR) is 80.5 cm³/mol. The molecule has 0 fully saturated rings. The third-order valence-electron chi connectivity index (χ3n) is 3.85. The maximum atomic E-state index is 4.55. The van der Waals surface area contributed by atoms with Crippen LogP contribution in [0.15, 0.2) is 24.5 Å². The Balaban J connectivity index is 2.00. The highest BCUT2D eigenvalue weighted by atomic mass is 15.5. The second kappa shape index (κ2) is 4.48. The Kier molecular flexibility index (Phi) is 2.59.